The summed E-state index contributed by atoms with van der Waals surface area (Å²) in [6, 6.07) is 12.7. The van der Waals surface area contributed by atoms with Gasteiger partial charge in [-0.15, -0.1) is 10.2 Å². The summed E-state index contributed by atoms with van der Waals surface area (Å²) in [5.74, 6) is 0.474. The molecule has 32 heavy (non-hydrogen) atoms. The summed E-state index contributed by atoms with van der Waals surface area (Å²) in [6.45, 7) is 0. The summed E-state index contributed by atoms with van der Waals surface area (Å²) in [6.07, 6.45) is 10.9. The maximum Gasteiger partial charge on any atom is 0.283 e. The number of aryl methyl sites for hydroxylation is 1. The number of ketones is 1. The van der Waals surface area contributed by atoms with Gasteiger partial charge in [-0.1, -0.05) is 55.7 Å². The number of rotatable bonds is 7. The predicted molar refractivity (Wildman–Crippen MR) is 124 cm³/mol. The third-order valence-corrected chi connectivity index (χ3v) is 6.87. The van der Waals surface area contributed by atoms with Gasteiger partial charge >= 0.3 is 0 Å². The summed E-state index contributed by atoms with van der Waals surface area (Å²) in [5, 5.41) is 19.9. The minimum absolute atomic E-state index is 0.0376. The molecule has 0 atom stereocenters. The molecule has 0 amide bonds. The van der Waals surface area contributed by atoms with E-state index >= 15 is 0 Å². The number of nitrogens with zero attached hydrogens (tertiary/aromatic N) is 4. The van der Waals surface area contributed by atoms with E-state index in [-0.39, 0.29) is 11.5 Å². The van der Waals surface area contributed by atoms with Crippen LogP contribution in [-0.2, 0) is 7.05 Å². The van der Waals surface area contributed by atoms with E-state index in [4.69, 9.17) is 0 Å². The highest BCUT2D eigenvalue weighted by molar-refractivity contribution is 7.99. The van der Waals surface area contributed by atoms with Crippen molar-refractivity contribution in [3.8, 4) is 0 Å². The monoisotopic (exact) mass is 448 g/mol. The summed E-state index contributed by atoms with van der Waals surface area (Å²) < 4.78 is 1.69. The standard InChI is InChI=1S/C24H24N4O3S/c1-27-16-25-26-24(27)32-23-14-8-17(15-21(23)28(30)31)7-13-22(29)20-11-9-19(10-12-20)18-5-3-2-4-6-18/h7-16,18H,2-6H2,1H3/b13-7+. The molecule has 8 heteroatoms. The predicted octanol–water partition coefficient (Wildman–Crippen LogP) is 5.82. The van der Waals surface area contributed by atoms with Crippen LogP contribution < -0.4 is 0 Å². The Morgan fingerprint density at radius 2 is 1.91 bits per heavy atom. The Morgan fingerprint density at radius 3 is 2.56 bits per heavy atom. The molecule has 0 radical (unpaired) electrons. The average Bonchev–Trinajstić information content (AvgIpc) is 3.23. The Morgan fingerprint density at radius 1 is 1.16 bits per heavy atom. The zero-order chi connectivity index (χ0) is 22.5. The van der Waals surface area contributed by atoms with Gasteiger partial charge in [-0.25, -0.2) is 0 Å². The molecule has 1 aliphatic carbocycles. The summed E-state index contributed by atoms with van der Waals surface area (Å²) in [7, 11) is 1.78. The maximum absolute atomic E-state index is 12.6. The molecule has 1 fully saturated rings. The van der Waals surface area contributed by atoms with E-state index in [2.05, 4.69) is 22.3 Å². The first-order valence-electron chi connectivity index (χ1n) is 10.6. The third kappa shape index (κ3) is 5.13. The van der Waals surface area contributed by atoms with Crippen molar-refractivity contribution in [2.45, 2.75) is 48.1 Å². The minimum Gasteiger partial charge on any atom is -0.311 e. The van der Waals surface area contributed by atoms with Crippen molar-refractivity contribution in [1.29, 1.82) is 0 Å². The summed E-state index contributed by atoms with van der Waals surface area (Å²) >= 11 is 1.18. The van der Waals surface area contributed by atoms with E-state index in [1.165, 1.54) is 61.6 Å². The van der Waals surface area contributed by atoms with Gasteiger partial charge in [-0.2, -0.15) is 0 Å². The Bertz CT molecular complexity index is 1150. The molecule has 7 nitrogen and oxygen atoms in total. The molecule has 0 bridgehead atoms. The quantitative estimate of drug-likeness (QED) is 0.196. The van der Waals surface area contributed by atoms with Crippen molar-refractivity contribution in [3.05, 3.63) is 81.7 Å². The number of nitro benzene ring substituents is 1. The van der Waals surface area contributed by atoms with E-state index in [1.54, 1.807) is 36.2 Å². The molecule has 3 aromatic rings. The first-order chi connectivity index (χ1) is 15.5. The van der Waals surface area contributed by atoms with Gasteiger partial charge in [0.1, 0.15) is 6.33 Å². The molecule has 2 aromatic carbocycles. The molecule has 0 saturated heterocycles. The van der Waals surface area contributed by atoms with Crippen LogP contribution >= 0.6 is 11.8 Å². The Balaban J connectivity index is 1.47. The summed E-state index contributed by atoms with van der Waals surface area (Å²) in [4.78, 5) is 24.2. The molecule has 0 N–H and O–H groups in total. The maximum atomic E-state index is 12.6. The second kappa shape index (κ2) is 9.91. The molecule has 0 aliphatic heterocycles. The van der Waals surface area contributed by atoms with Crippen LogP contribution in [0.5, 0.6) is 0 Å². The van der Waals surface area contributed by atoms with Gasteiger partial charge in [-0.05, 0) is 53.8 Å². The van der Waals surface area contributed by atoms with Gasteiger partial charge < -0.3 is 4.57 Å². The largest absolute Gasteiger partial charge is 0.311 e. The first-order valence-corrected chi connectivity index (χ1v) is 11.5. The average molecular weight is 449 g/mol. The molecule has 0 unspecified atom stereocenters. The molecule has 1 heterocycles. The molecule has 164 valence electrons. The summed E-state index contributed by atoms with van der Waals surface area (Å²) in [5.41, 5.74) is 2.47. The lowest BCUT2D eigenvalue weighted by atomic mass is 9.84. The zero-order valence-corrected chi connectivity index (χ0v) is 18.6. The van der Waals surface area contributed by atoms with Crippen LogP contribution in [0.2, 0.25) is 0 Å². The van der Waals surface area contributed by atoms with E-state index < -0.39 is 4.92 Å². The molecule has 0 spiro atoms. The molecular formula is C24H24N4O3S. The van der Waals surface area contributed by atoms with Gasteiger partial charge in [0.15, 0.2) is 10.9 Å². The zero-order valence-electron chi connectivity index (χ0n) is 17.8. The fourth-order valence-electron chi connectivity index (χ4n) is 3.95. The number of hydrogen-bond acceptors (Lipinski definition) is 6. The number of carbonyl (C=O) groups is 1. The number of nitro groups is 1. The van der Waals surface area contributed by atoms with Crippen LogP contribution in [0.15, 0.2) is 64.9 Å². The minimum atomic E-state index is -0.429. The Kier molecular flexibility index (Phi) is 6.80. The van der Waals surface area contributed by atoms with Crippen LogP contribution in [-0.4, -0.2) is 25.5 Å². The first kappa shape index (κ1) is 22.0. The van der Waals surface area contributed by atoms with E-state index in [0.29, 0.717) is 27.1 Å². The number of carbonyl (C=O) groups excluding carboxylic acids is 1. The lowest BCUT2D eigenvalue weighted by molar-refractivity contribution is -0.387. The second-order valence-corrected chi connectivity index (χ2v) is 8.97. The molecule has 1 aliphatic rings. The van der Waals surface area contributed by atoms with Gasteiger partial charge in [0.2, 0.25) is 0 Å². The molecular weight excluding hydrogens is 424 g/mol. The highest BCUT2D eigenvalue weighted by Gasteiger charge is 2.18. The number of benzene rings is 2. The van der Waals surface area contributed by atoms with Crippen molar-refractivity contribution >= 4 is 29.3 Å². The Hall–Kier alpha value is -3.26. The van der Waals surface area contributed by atoms with Crippen LogP contribution in [0, 0.1) is 10.1 Å². The van der Waals surface area contributed by atoms with Crippen LogP contribution in [0.1, 0.15) is 59.5 Å². The number of allylic oxidation sites excluding steroid dienone is 1. The van der Waals surface area contributed by atoms with Crippen LogP contribution in [0.3, 0.4) is 0 Å². The second-order valence-electron chi connectivity index (χ2n) is 7.97. The van der Waals surface area contributed by atoms with Crippen molar-refractivity contribution in [1.82, 2.24) is 14.8 Å². The SMILES string of the molecule is Cn1cnnc1Sc1ccc(/C=C/C(=O)c2ccc(C3CCCCC3)cc2)cc1[N+](=O)[O-]. The highest BCUT2D eigenvalue weighted by atomic mass is 32.2. The van der Waals surface area contributed by atoms with E-state index in [0.717, 1.165) is 0 Å². The fourth-order valence-corrected chi connectivity index (χ4v) is 4.80. The van der Waals surface area contributed by atoms with Gasteiger partial charge in [-0.3, -0.25) is 14.9 Å². The lowest BCUT2D eigenvalue weighted by Crippen LogP contribution is -2.05. The molecule has 1 saturated carbocycles. The van der Waals surface area contributed by atoms with Gasteiger partial charge in [0.25, 0.3) is 5.69 Å². The molecule has 4 rings (SSSR count). The van der Waals surface area contributed by atoms with Crippen molar-refractivity contribution in [3.63, 3.8) is 0 Å². The van der Waals surface area contributed by atoms with E-state index in [1.807, 2.05) is 12.1 Å². The Labute approximate surface area is 190 Å². The van der Waals surface area contributed by atoms with Crippen LogP contribution in [0.25, 0.3) is 6.08 Å². The topological polar surface area (TPSA) is 90.9 Å². The lowest BCUT2D eigenvalue weighted by Gasteiger charge is -2.21. The van der Waals surface area contributed by atoms with Gasteiger partial charge in [0.05, 0.1) is 9.82 Å². The van der Waals surface area contributed by atoms with Gasteiger partial charge in [0, 0.05) is 18.7 Å². The van der Waals surface area contributed by atoms with Crippen LogP contribution in [0.4, 0.5) is 5.69 Å². The molecule has 1 aromatic heterocycles. The smallest absolute Gasteiger partial charge is 0.283 e. The van der Waals surface area contributed by atoms with E-state index in [9.17, 15) is 14.9 Å². The number of aromatic nitrogens is 3. The fraction of sp³-hybridized carbons (Fsp3) is 0.292. The van der Waals surface area contributed by atoms with Crippen molar-refractivity contribution in [2.75, 3.05) is 0 Å². The normalized spacial score (nSPS) is 14.7. The third-order valence-electron chi connectivity index (χ3n) is 5.75. The van der Waals surface area contributed by atoms with Crippen molar-refractivity contribution < 1.29 is 9.72 Å². The number of hydrogen-bond donors (Lipinski definition) is 0. The van der Waals surface area contributed by atoms with Crippen molar-refractivity contribution in [2.24, 2.45) is 7.05 Å². The highest BCUT2D eigenvalue weighted by Crippen LogP contribution is 2.35.